The van der Waals surface area contributed by atoms with Crippen LogP contribution in [0.1, 0.15) is 32.1 Å². The third kappa shape index (κ3) is 1.04. The highest BCUT2D eigenvalue weighted by atomic mass is 16.5. The number of nitrogens with two attached hydrogens (primary N) is 1. The van der Waals surface area contributed by atoms with Gasteiger partial charge in [0.25, 0.3) is 0 Å². The van der Waals surface area contributed by atoms with Crippen molar-refractivity contribution in [1.82, 2.24) is 0 Å². The fourth-order valence-electron chi connectivity index (χ4n) is 3.12. The van der Waals surface area contributed by atoms with E-state index in [1.807, 2.05) is 0 Å². The molecule has 2 aliphatic carbocycles. The van der Waals surface area contributed by atoms with E-state index in [0.29, 0.717) is 6.42 Å². The quantitative estimate of drug-likeness (QED) is 0.703. The third-order valence-electron chi connectivity index (χ3n) is 4.15. The van der Waals surface area contributed by atoms with E-state index in [0.717, 1.165) is 19.3 Å². The summed E-state index contributed by atoms with van der Waals surface area (Å²) in [5.41, 5.74) is 5.61. The number of methoxy groups -OCH3 is 1. The van der Waals surface area contributed by atoms with E-state index in [9.17, 15) is 4.79 Å². The Bertz CT molecular complexity index is 262. The Morgan fingerprint density at radius 3 is 2.64 bits per heavy atom. The van der Waals surface area contributed by atoms with E-state index < -0.39 is 11.5 Å². The van der Waals surface area contributed by atoms with E-state index in [4.69, 9.17) is 15.6 Å². The van der Waals surface area contributed by atoms with Crippen LogP contribution in [-0.2, 0) is 9.53 Å². The smallest absolute Gasteiger partial charge is 0.305 e. The van der Waals surface area contributed by atoms with Gasteiger partial charge in [0.15, 0.2) is 0 Å². The van der Waals surface area contributed by atoms with Gasteiger partial charge >= 0.3 is 5.97 Å². The molecule has 0 radical (unpaired) electrons. The molecule has 2 unspecified atom stereocenters. The zero-order chi connectivity index (χ0) is 10.4. The highest BCUT2D eigenvalue weighted by molar-refractivity contribution is 5.69. The van der Waals surface area contributed by atoms with E-state index >= 15 is 0 Å². The van der Waals surface area contributed by atoms with Crippen LogP contribution in [-0.4, -0.2) is 29.8 Å². The Morgan fingerprint density at radius 2 is 2.29 bits per heavy atom. The first-order valence-electron chi connectivity index (χ1n) is 5.08. The largest absolute Gasteiger partial charge is 0.481 e. The normalized spacial score (nSPS) is 38.9. The van der Waals surface area contributed by atoms with Crippen molar-refractivity contribution in [2.75, 3.05) is 7.11 Å². The maximum Gasteiger partial charge on any atom is 0.305 e. The van der Waals surface area contributed by atoms with Gasteiger partial charge in [0.1, 0.15) is 0 Å². The van der Waals surface area contributed by atoms with E-state index in [-0.39, 0.29) is 17.9 Å². The van der Waals surface area contributed by atoms with Gasteiger partial charge in [-0.25, -0.2) is 0 Å². The first-order chi connectivity index (χ1) is 6.54. The summed E-state index contributed by atoms with van der Waals surface area (Å²) in [7, 11) is 1.69. The Kier molecular flexibility index (Phi) is 2.08. The molecule has 1 spiro atoms. The minimum Gasteiger partial charge on any atom is -0.481 e. The molecule has 2 rings (SSSR count). The molecule has 2 fully saturated rings. The Balaban J connectivity index is 2.11. The molecule has 0 aromatic heterocycles. The Hall–Kier alpha value is -0.610. The maximum atomic E-state index is 10.7. The number of rotatable bonds is 3. The van der Waals surface area contributed by atoms with Gasteiger partial charge in [-0.2, -0.15) is 0 Å². The van der Waals surface area contributed by atoms with Crippen LogP contribution in [0.5, 0.6) is 0 Å². The van der Waals surface area contributed by atoms with Crippen LogP contribution < -0.4 is 5.73 Å². The van der Waals surface area contributed by atoms with Crippen LogP contribution in [0.4, 0.5) is 0 Å². The molecule has 0 aromatic rings. The number of aliphatic carboxylic acids is 1. The molecule has 2 saturated carbocycles. The number of ether oxygens (including phenoxy) is 1. The summed E-state index contributed by atoms with van der Waals surface area (Å²) in [5.74, 6) is -0.798. The zero-order valence-corrected chi connectivity index (χ0v) is 8.45. The van der Waals surface area contributed by atoms with Crippen molar-refractivity contribution in [3.05, 3.63) is 0 Å². The van der Waals surface area contributed by atoms with E-state index in [2.05, 4.69) is 0 Å². The molecule has 14 heavy (non-hydrogen) atoms. The van der Waals surface area contributed by atoms with Gasteiger partial charge in [-0.3, -0.25) is 4.79 Å². The molecule has 0 aromatic carbocycles. The molecule has 3 N–H and O–H groups in total. The molecule has 0 heterocycles. The van der Waals surface area contributed by atoms with Crippen LogP contribution in [0, 0.1) is 5.41 Å². The molecule has 4 nitrogen and oxygen atoms in total. The van der Waals surface area contributed by atoms with Crippen molar-refractivity contribution in [3.63, 3.8) is 0 Å². The van der Waals surface area contributed by atoms with Gasteiger partial charge in [0.2, 0.25) is 0 Å². The SMILES string of the molecule is COC1CC(N)(CC(=O)O)C12CCC2. The van der Waals surface area contributed by atoms with Gasteiger partial charge in [0, 0.05) is 18.1 Å². The molecule has 0 aliphatic heterocycles. The molecule has 2 aliphatic rings. The lowest BCUT2D eigenvalue weighted by molar-refractivity contribution is -0.203. The number of carbonyl (C=O) groups is 1. The fraction of sp³-hybridized carbons (Fsp3) is 0.900. The summed E-state index contributed by atoms with van der Waals surface area (Å²) in [4.78, 5) is 10.7. The predicted octanol–water partition coefficient (Wildman–Crippen LogP) is 0.748. The van der Waals surface area contributed by atoms with Crippen LogP contribution in [0.2, 0.25) is 0 Å². The summed E-state index contributed by atoms with van der Waals surface area (Å²) in [6.45, 7) is 0. The van der Waals surface area contributed by atoms with Crippen molar-refractivity contribution >= 4 is 5.97 Å². The molecule has 80 valence electrons. The lowest BCUT2D eigenvalue weighted by atomic mass is 9.43. The van der Waals surface area contributed by atoms with Crippen LogP contribution >= 0.6 is 0 Å². The second kappa shape index (κ2) is 2.94. The highest BCUT2D eigenvalue weighted by Crippen LogP contribution is 2.63. The van der Waals surface area contributed by atoms with Crippen molar-refractivity contribution in [2.24, 2.45) is 11.1 Å². The minimum absolute atomic E-state index is 0.0276. The average Bonchev–Trinajstić information content (AvgIpc) is 1.95. The Morgan fingerprint density at radius 1 is 1.64 bits per heavy atom. The fourth-order valence-corrected chi connectivity index (χ4v) is 3.12. The van der Waals surface area contributed by atoms with Crippen molar-refractivity contribution in [1.29, 1.82) is 0 Å². The lowest BCUT2D eigenvalue weighted by Crippen LogP contribution is -2.75. The first kappa shape index (κ1) is 9.93. The molecule has 0 saturated heterocycles. The van der Waals surface area contributed by atoms with E-state index in [1.54, 1.807) is 7.11 Å². The van der Waals surface area contributed by atoms with Gasteiger partial charge in [-0.15, -0.1) is 0 Å². The van der Waals surface area contributed by atoms with Crippen LogP contribution in [0.25, 0.3) is 0 Å². The standard InChI is InChI=1S/C10H17NO3/c1-14-7-5-10(11,6-8(12)13)9(7)3-2-4-9/h7H,2-6,11H2,1H3,(H,12,13). The zero-order valence-electron chi connectivity index (χ0n) is 8.45. The maximum absolute atomic E-state index is 10.7. The van der Waals surface area contributed by atoms with Crippen molar-refractivity contribution in [2.45, 2.75) is 43.7 Å². The third-order valence-corrected chi connectivity index (χ3v) is 4.15. The summed E-state index contributed by atoms with van der Waals surface area (Å²) in [6, 6.07) is 0. The predicted molar refractivity (Wildman–Crippen MR) is 50.9 cm³/mol. The molecule has 2 atom stereocenters. The van der Waals surface area contributed by atoms with Gasteiger partial charge in [0.05, 0.1) is 12.5 Å². The summed E-state index contributed by atoms with van der Waals surface area (Å²) in [6.07, 6.45) is 4.15. The summed E-state index contributed by atoms with van der Waals surface area (Å²) >= 11 is 0. The first-order valence-corrected chi connectivity index (χ1v) is 5.08. The van der Waals surface area contributed by atoms with Crippen molar-refractivity contribution < 1.29 is 14.6 Å². The molecule has 0 bridgehead atoms. The monoisotopic (exact) mass is 199 g/mol. The molecular weight excluding hydrogens is 182 g/mol. The summed E-state index contributed by atoms with van der Waals surface area (Å²) in [5, 5.41) is 8.80. The second-order valence-electron chi connectivity index (χ2n) is 4.66. The number of hydrogen-bond donors (Lipinski definition) is 2. The Labute approximate surface area is 83.4 Å². The van der Waals surface area contributed by atoms with Gasteiger partial charge < -0.3 is 15.6 Å². The number of carboxylic acid groups (broad SMARTS) is 1. The highest BCUT2D eigenvalue weighted by Gasteiger charge is 2.66. The number of carboxylic acids is 1. The van der Waals surface area contributed by atoms with Crippen LogP contribution in [0.15, 0.2) is 0 Å². The van der Waals surface area contributed by atoms with Gasteiger partial charge in [-0.05, 0) is 19.3 Å². The minimum atomic E-state index is -0.798. The lowest BCUT2D eigenvalue weighted by Gasteiger charge is -2.66. The van der Waals surface area contributed by atoms with Crippen molar-refractivity contribution in [3.8, 4) is 0 Å². The molecule has 0 amide bonds. The second-order valence-corrected chi connectivity index (χ2v) is 4.66. The molecular formula is C10H17NO3. The van der Waals surface area contributed by atoms with Crippen LogP contribution in [0.3, 0.4) is 0 Å². The number of hydrogen-bond acceptors (Lipinski definition) is 3. The van der Waals surface area contributed by atoms with Gasteiger partial charge in [-0.1, -0.05) is 6.42 Å². The topological polar surface area (TPSA) is 72.5 Å². The molecule has 4 heteroatoms. The van der Waals surface area contributed by atoms with E-state index in [1.165, 1.54) is 0 Å². The average molecular weight is 199 g/mol. The summed E-state index contributed by atoms with van der Waals surface area (Å²) < 4.78 is 5.35.